The monoisotopic (exact) mass is 188 g/mol. The largest absolute Gasteiger partial charge is 0.395 e. The lowest BCUT2D eigenvalue weighted by molar-refractivity contribution is -0.119. The molecule has 3 N–H and O–H groups in total. The van der Waals surface area contributed by atoms with Crippen molar-refractivity contribution in [2.45, 2.75) is 12.5 Å². The number of hydrogen-bond donors (Lipinski definition) is 2. The highest BCUT2D eigenvalue weighted by Crippen LogP contribution is 2.06. The Morgan fingerprint density at radius 2 is 2.46 bits per heavy atom. The quantitative estimate of drug-likeness (QED) is 0.566. The highest BCUT2D eigenvalue weighted by Gasteiger charge is 2.21. The van der Waals surface area contributed by atoms with Crippen molar-refractivity contribution in [2.75, 3.05) is 32.9 Å². The van der Waals surface area contributed by atoms with Crippen molar-refractivity contribution >= 4 is 5.91 Å². The highest BCUT2D eigenvalue weighted by molar-refractivity contribution is 5.73. The normalized spacial score (nSPS) is 24.5. The number of carbonyl (C=O) groups excluding carboxylic acids is 1. The summed E-state index contributed by atoms with van der Waals surface area (Å²) in [5, 5.41) is 8.99. The van der Waals surface area contributed by atoms with Crippen LogP contribution in [0.4, 0.5) is 0 Å². The molecular weight excluding hydrogens is 172 g/mol. The summed E-state index contributed by atoms with van der Waals surface area (Å²) in [7, 11) is 0. The average Bonchev–Trinajstić information content (AvgIpc) is 2.15. The van der Waals surface area contributed by atoms with Gasteiger partial charge in [0.15, 0.2) is 0 Å². The van der Waals surface area contributed by atoms with Gasteiger partial charge in [-0.2, -0.15) is 0 Å². The maximum absolute atomic E-state index is 10.5. The molecule has 0 spiro atoms. The maximum Gasteiger partial charge on any atom is 0.218 e. The Labute approximate surface area is 77.5 Å². The Bertz CT molecular complexity index is 175. The molecule has 0 aromatic heterocycles. The first-order valence-corrected chi connectivity index (χ1v) is 4.45. The lowest BCUT2D eigenvalue weighted by Gasteiger charge is -2.33. The van der Waals surface area contributed by atoms with Crippen molar-refractivity contribution in [3.63, 3.8) is 0 Å². The number of nitrogens with two attached hydrogens (primary N) is 1. The van der Waals surface area contributed by atoms with Gasteiger partial charge in [-0.3, -0.25) is 9.69 Å². The fraction of sp³-hybridized carbons (Fsp3) is 0.875. The Kier molecular flexibility index (Phi) is 4.14. The molecule has 1 amide bonds. The van der Waals surface area contributed by atoms with Gasteiger partial charge in [0.1, 0.15) is 0 Å². The predicted molar refractivity (Wildman–Crippen MR) is 47.1 cm³/mol. The van der Waals surface area contributed by atoms with E-state index in [9.17, 15) is 4.79 Å². The maximum atomic E-state index is 10.5. The van der Waals surface area contributed by atoms with Crippen LogP contribution in [-0.2, 0) is 9.53 Å². The van der Waals surface area contributed by atoms with Crippen LogP contribution in [0, 0.1) is 0 Å². The topological polar surface area (TPSA) is 75.8 Å². The van der Waals surface area contributed by atoms with E-state index >= 15 is 0 Å². The third kappa shape index (κ3) is 3.30. The fourth-order valence-corrected chi connectivity index (χ4v) is 1.41. The van der Waals surface area contributed by atoms with E-state index < -0.39 is 0 Å². The standard InChI is InChI=1S/C8H16N2O3/c9-8(12)1-2-10-3-4-13-6-7(10)5-11/h7,11H,1-6H2,(H2,9,12). The second-order valence-corrected chi connectivity index (χ2v) is 3.16. The number of hydrogen-bond acceptors (Lipinski definition) is 4. The molecule has 1 rings (SSSR count). The summed E-state index contributed by atoms with van der Waals surface area (Å²) in [6.07, 6.45) is 0.344. The minimum Gasteiger partial charge on any atom is -0.395 e. The molecule has 0 bridgehead atoms. The van der Waals surface area contributed by atoms with Gasteiger partial charge >= 0.3 is 0 Å². The fourth-order valence-electron chi connectivity index (χ4n) is 1.41. The molecule has 0 aromatic carbocycles. The number of nitrogens with zero attached hydrogens (tertiary/aromatic N) is 1. The number of aliphatic hydroxyl groups excluding tert-OH is 1. The van der Waals surface area contributed by atoms with Crippen LogP contribution in [0.2, 0.25) is 0 Å². The highest BCUT2D eigenvalue weighted by atomic mass is 16.5. The van der Waals surface area contributed by atoms with E-state index in [2.05, 4.69) is 0 Å². The van der Waals surface area contributed by atoms with Gasteiger partial charge in [0.05, 0.1) is 25.9 Å². The molecule has 5 heteroatoms. The SMILES string of the molecule is NC(=O)CCN1CCOCC1CO. The van der Waals surface area contributed by atoms with E-state index in [-0.39, 0.29) is 18.6 Å². The van der Waals surface area contributed by atoms with Gasteiger partial charge in [0, 0.05) is 19.5 Å². The number of primary amides is 1. The number of ether oxygens (including phenoxy) is 1. The van der Waals surface area contributed by atoms with Crippen LogP contribution in [0.5, 0.6) is 0 Å². The Morgan fingerprint density at radius 3 is 3.08 bits per heavy atom. The summed E-state index contributed by atoms with van der Waals surface area (Å²) < 4.78 is 5.19. The van der Waals surface area contributed by atoms with Crippen LogP contribution in [0.3, 0.4) is 0 Å². The second kappa shape index (κ2) is 5.16. The van der Waals surface area contributed by atoms with Gasteiger partial charge < -0.3 is 15.6 Å². The van der Waals surface area contributed by atoms with Gasteiger partial charge in [-0.1, -0.05) is 0 Å². The summed E-state index contributed by atoms with van der Waals surface area (Å²) in [5.41, 5.74) is 5.04. The van der Waals surface area contributed by atoms with Gasteiger partial charge in [0.25, 0.3) is 0 Å². The Morgan fingerprint density at radius 1 is 1.69 bits per heavy atom. The number of carbonyl (C=O) groups is 1. The molecule has 1 unspecified atom stereocenters. The number of amides is 1. The zero-order valence-corrected chi connectivity index (χ0v) is 7.61. The number of aliphatic hydroxyl groups is 1. The first-order chi connectivity index (χ1) is 6.24. The van der Waals surface area contributed by atoms with Crippen molar-refractivity contribution in [1.82, 2.24) is 4.90 Å². The smallest absolute Gasteiger partial charge is 0.218 e. The third-order valence-electron chi connectivity index (χ3n) is 2.21. The summed E-state index contributed by atoms with van der Waals surface area (Å²) in [5.74, 6) is -0.303. The zero-order valence-electron chi connectivity index (χ0n) is 7.61. The lowest BCUT2D eigenvalue weighted by atomic mass is 10.2. The van der Waals surface area contributed by atoms with E-state index in [0.29, 0.717) is 26.2 Å². The third-order valence-corrected chi connectivity index (χ3v) is 2.21. The molecule has 0 radical (unpaired) electrons. The molecular formula is C8H16N2O3. The Hall–Kier alpha value is -0.650. The molecule has 76 valence electrons. The van der Waals surface area contributed by atoms with Crippen LogP contribution < -0.4 is 5.73 Å². The van der Waals surface area contributed by atoms with E-state index in [1.165, 1.54) is 0 Å². The van der Waals surface area contributed by atoms with Crippen molar-refractivity contribution in [2.24, 2.45) is 5.73 Å². The van der Waals surface area contributed by atoms with Crippen molar-refractivity contribution in [3.8, 4) is 0 Å². The average molecular weight is 188 g/mol. The molecule has 0 aromatic rings. The van der Waals surface area contributed by atoms with Crippen molar-refractivity contribution in [3.05, 3.63) is 0 Å². The van der Waals surface area contributed by atoms with Crippen LogP contribution >= 0.6 is 0 Å². The number of rotatable bonds is 4. The second-order valence-electron chi connectivity index (χ2n) is 3.16. The number of morpholine rings is 1. The molecule has 13 heavy (non-hydrogen) atoms. The molecule has 0 saturated carbocycles. The first-order valence-electron chi connectivity index (χ1n) is 4.45. The van der Waals surface area contributed by atoms with Crippen LogP contribution in [0.1, 0.15) is 6.42 Å². The summed E-state index contributed by atoms with van der Waals surface area (Å²) >= 11 is 0. The van der Waals surface area contributed by atoms with Gasteiger partial charge in [0.2, 0.25) is 5.91 Å². The molecule has 5 nitrogen and oxygen atoms in total. The molecule has 1 saturated heterocycles. The lowest BCUT2D eigenvalue weighted by Crippen LogP contribution is -2.48. The molecule has 1 heterocycles. The van der Waals surface area contributed by atoms with E-state index in [1.54, 1.807) is 0 Å². The van der Waals surface area contributed by atoms with Crippen molar-refractivity contribution < 1.29 is 14.6 Å². The zero-order chi connectivity index (χ0) is 9.68. The van der Waals surface area contributed by atoms with Crippen LogP contribution in [-0.4, -0.2) is 54.9 Å². The minimum absolute atomic E-state index is 0.0214. The molecule has 1 atom stereocenters. The first kappa shape index (κ1) is 10.4. The molecule has 1 fully saturated rings. The summed E-state index contributed by atoms with van der Waals surface area (Å²) in [4.78, 5) is 12.6. The van der Waals surface area contributed by atoms with Gasteiger partial charge in [-0.15, -0.1) is 0 Å². The molecule has 1 aliphatic rings. The predicted octanol–water partition coefficient (Wildman–Crippen LogP) is -1.45. The van der Waals surface area contributed by atoms with Gasteiger partial charge in [-0.05, 0) is 0 Å². The van der Waals surface area contributed by atoms with E-state index in [1.807, 2.05) is 4.90 Å². The Balaban J connectivity index is 2.31. The van der Waals surface area contributed by atoms with Gasteiger partial charge in [-0.25, -0.2) is 0 Å². The van der Waals surface area contributed by atoms with E-state index in [0.717, 1.165) is 6.54 Å². The molecule has 0 aliphatic carbocycles. The molecule has 1 aliphatic heterocycles. The van der Waals surface area contributed by atoms with Crippen LogP contribution in [0.25, 0.3) is 0 Å². The van der Waals surface area contributed by atoms with E-state index in [4.69, 9.17) is 15.6 Å². The van der Waals surface area contributed by atoms with Crippen LogP contribution in [0.15, 0.2) is 0 Å². The summed E-state index contributed by atoms with van der Waals surface area (Å²) in [6.45, 7) is 2.64. The van der Waals surface area contributed by atoms with Crippen molar-refractivity contribution in [1.29, 1.82) is 0 Å². The summed E-state index contributed by atoms with van der Waals surface area (Å²) in [6, 6.07) is 0.0214. The minimum atomic E-state index is -0.303.